The summed E-state index contributed by atoms with van der Waals surface area (Å²) in [5, 5.41) is 7.74. The Bertz CT molecular complexity index is 743. The molecule has 0 spiro atoms. The van der Waals surface area contributed by atoms with Crippen LogP contribution in [-0.2, 0) is 13.1 Å². The Hall–Kier alpha value is -1.47. The lowest BCUT2D eigenvalue weighted by Gasteiger charge is -2.04. The van der Waals surface area contributed by atoms with Crippen LogP contribution in [0.15, 0.2) is 35.1 Å². The van der Waals surface area contributed by atoms with E-state index in [0.717, 1.165) is 39.8 Å². The van der Waals surface area contributed by atoms with Crippen LogP contribution in [0.1, 0.15) is 6.42 Å². The number of benzene rings is 1. The summed E-state index contributed by atoms with van der Waals surface area (Å²) in [5.41, 5.74) is 2.19. The summed E-state index contributed by atoms with van der Waals surface area (Å²) in [7, 11) is 0. The highest BCUT2D eigenvalue weighted by Gasteiger charge is 2.04. The molecule has 0 bridgehead atoms. The van der Waals surface area contributed by atoms with E-state index in [1.165, 1.54) is 0 Å². The van der Waals surface area contributed by atoms with Gasteiger partial charge in [0.15, 0.2) is 4.77 Å². The quantitative estimate of drug-likeness (QED) is 0.744. The van der Waals surface area contributed by atoms with Crippen LogP contribution in [-0.4, -0.2) is 24.5 Å². The third kappa shape index (κ3) is 2.62. The third-order valence-electron chi connectivity index (χ3n) is 2.98. The van der Waals surface area contributed by atoms with Gasteiger partial charge >= 0.3 is 0 Å². The van der Waals surface area contributed by atoms with E-state index in [2.05, 4.69) is 41.9 Å². The monoisotopic (exact) mass is 337 g/mol. The van der Waals surface area contributed by atoms with Crippen LogP contribution in [0.4, 0.5) is 0 Å². The zero-order valence-electron chi connectivity index (χ0n) is 10.1. The molecule has 0 aliphatic rings. The first-order valence-electron chi connectivity index (χ1n) is 5.96. The molecule has 0 radical (unpaired) electrons. The van der Waals surface area contributed by atoms with Crippen molar-refractivity contribution < 1.29 is 0 Å². The van der Waals surface area contributed by atoms with Gasteiger partial charge in [0.1, 0.15) is 0 Å². The summed E-state index contributed by atoms with van der Waals surface area (Å²) in [6, 6.07) is 6.14. The van der Waals surface area contributed by atoms with Gasteiger partial charge in [0.05, 0.1) is 17.2 Å². The molecule has 5 nitrogen and oxygen atoms in total. The molecule has 98 valence electrons. The molecule has 0 fully saturated rings. The maximum atomic E-state index is 5.37. The molecule has 0 atom stereocenters. The predicted molar refractivity (Wildman–Crippen MR) is 79.5 cm³/mol. The zero-order chi connectivity index (χ0) is 13.2. The molecule has 7 heteroatoms. The number of hydrogen-bond donors (Lipinski definition) is 1. The van der Waals surface area contributed by atoms with Gasteiger partial charge < -0.3 is 9.55 Å². The van der Waals surface area contributed by atoms with Gasteiger partial charge in [0.25, 0.3) is 0 Å². The summed E-state index contributed by atoms with van der Waals surface area (Å²) >= 11 is 8.83. The number of imidazole rings is 1. The van der Waals surface area contributed by atoms with Gasteiger partial charge in [-0.15, -0.1) is 5.10 Å². The van der Waals surface area contributed by atoms with E-state index in [1.807, 2.05) is 23.0 Å². The Balaban J connectivity index is 1.80. The first-order valence-corrected chi connectivity index (χ1v) is 7.16. The lowest BCUT2D eigenvalue weighted by Crippen LogP contribution is -2.04. The van der Waals surface area contributed by atoms with Crippen LogP contribution in [0, 0.1) is 4.77 Å². The van der Waals surface area contributed by atoms with E-state index in [-0.39, 0.29) is 0 Å². The minimum Gasteiger partial charge on any atom is -0.331 e. The Kier molecular flexibility index (Phi) is 3.48. The number of nitrogens with zero attached hydrogens (tertiary/aromatic N) is 4. The molecule has 0 amide bonds. The summed E-state index contributed by atoms with van der Waals surface area (Å²) in [5.74, 6) is 0. The smallest absolute Gasteiger partial charge is 0.178 e. The van der Waals surface area contributed by atoms with Crippen LogP contribution in [0.5, 0.6) is 0 Å². The van der Waals surface area contributed by atoms with Crippen LogP contribution in [0.2, 0.25) is 0 Å². The fraction of sp³-hybridized carbons (Fsp3) is 0.250. The second-order valence-electron chi connectivity index (χ2n) is 4.26. The number of fused-ring (bicyclic) bond motifs is 1. The number of hydrogen-bond acceptors (Lipinski definition) is 3. The van der Waals surface area contributed by atoms with Crippen molar-refractivity contribution in [3.63, 3.8) is 0 Å². The maximum Gasteiger partial charge on any atom is 0.178 e. The molecule has 0 saturated heterocycles. The number of rotatable bonds is 4. The van der Waals surface area contributed by atoms with Crippen molar-refractivity contribution in [1.29, 1.82) is 0 Å². The summed E-state index contributed by atoms with van der Waals surface area (Å²) in [6.45, 7) is 1.70. The molecular weight excluding hydrogens is 326 g/mol. The molecule has 3 aromatic rings. The first kappa shape index (κ1) is 12.6. The van der Waals surface area contributed by atoms with E-state index in [4.69, 9.17) is 12.2 Å². The highest BCUT2D eigenvalue weighted by Crippen LogP contribution is 2.19. The highest BCUT2D eigenvalue weighted by atomic mass is 79.9. The van der Waals surface area contributed by atoms with Crippen LogP contribution < -0.4 is 0 Å². The van der Waals surface area contributed by atoms with Gasteiger partial charge in [-0.2, -0.15) is 0 Å². The van der Waals surface area contributed by atoms with Crippen LogP contribution >= 0.6 is 28.1 Å². The highest BCUT2D eigenvalue weighted by molar-refractivity contribution is 9.10. The second-order valence-corrected chi connectivity index (χ2v) is 5.57. The fourth-order valence-electron chi connectivity index (χ4n) is 2.10. The molecule has 0 aliphatic carbocycles. The normalized spacial score (nSPS) is 11.2. The SMILES string of the molecule is S=c1[nH]c2cc(Br)ccc2n1CCCn1ccnn1. The number of H-pyrrole nitrogens is 1. The van der Waals surface area contributed by atoms with Gasteiger partial charge in [-0.1, -0.05) is 21.1 Å². The molecule has 0 aliphatic heterocycles. The van der Waals surface area contributed by atoms with E-state index in [9.17, 15) is 0 Å². The molecule has 1 N–H and O–H groups in total. The van der Waals surface area contributed by atoms with Crippen molar-refractivity contribution in [2.45, 2.75) is 19.5 Å². The third-order valence-corrected chi connectivity index (χ3v) is 3.79. The Morgan fingerprint density at radius 1 is 1.32 bits per heavy atom. The molecular formula is C12H12BrN5S. The zero-order valence-corrected chi connectivity index (χ0v) is 12.5. The van der Waals surface area contributed by atoms with E-state index in [1.54, 1.807) is 6.20 Å². The predicted octanol–water partition coefficient (Wildman–Crippen LogP) is 3.14. The van der Waals surface area contributed by atoms with Crippen molar-refractivity contribution in [3.05, 3.63) is 39.8 Å². The number of halogens is 1. The Labute approximate surface area is 123 Å². The maximum absolute atomic E-state index is 5.37. The minimum atomic E-state index is 0.756. The molecule has 0 unspecified atom stereocenters. The van der Waals surface area contributed by atoms with Gasteiger partial charge in [-0.25, -0.2) is 0 Å². The number of aromatic nitrogens is 5. The average Bonchev–Trinajstić information content (AvgIpc) is 2.98. The topological polar surface area (TPSA) is 51.4 Å². The summed E-state index contributed by atoms with van der Waals surface area (Å²) < 4.78 is 5.75. The van der Waals surface area contributed by atoms with Crippen LogP contribution in [0.3, 0.4) is 0 Å². The Morgan fingerprint density at radius 2 is 2.21 bits per heavy atom. The average molecular weight is 338 g/mol. The van der Waals surface area contributed by atoms with Gasteiger partial charge in [-0.3, -0.25) is 4.68 Å². The van der Waals surface area contributed by atoms with E-state index in [0.29, 0.717) is 0 Å². The summed E-state index contributed by atoms with van der Waals surface area (Å²) in [4.78, 5) is 3.22. The van der Waals surface area contributed by atoms with Gasteiger partial charge in [0, 0.05) is 23.8 Å². The molecule has 0 saturated carbocycles. The van der Waals surface area contributed by atoms with Crippen molar-refractivity contribution in [3.8, 4) is 0 Å². The molecule has 19 heavy (non-hydrogen) atoms. The first-order chi connectivity index (χ1) is 9.24. The van der Waals surface area contributed by atoms with E-state index < -0.39 is 0 Å². The largest absolute Gasteiger partial charge is 0.331 e. The summed E-state index contributed by atoms with van der Waals surface area (Å²) in [6.07, 6.45) is 4.52. The standard InChI is InChI=1S/C12H12BrN5S/c13-9-2-3-11-10(8-9)15-12(19)18(11)6-1-5-17-7-4-14-16-17/h2-4,7-8H,1,5-6H2,(H,15,19). The molecule has 2 aromatic heterocycles. The number of nitrogens with one attached hydrogen (secondary N) is 1. The van der Waals surface area contributed by atoms with Crippen LogP contribution in [0.25, 0.3) is 11.0 Å². The van der Waals surface area contributed by atoms with Gasteiger partial charge in [0.2, 0.25) is 0 Å². The number of aromatic amines is 1. The van der Waals surface area contributed by atoms with Crippen molar-refractivity contribution in [2.24, 2.45) is 0 Å². The second kappa shape index (κ2) is 5.26. The van der Waals surface area contributed by atoms with Crippen molar-refractivity contribution >= 4 is 39.2 Å². The molecule has 3 rings (SSSR count). The molecule has 2 heterocycles. The van der Waals surface area contributed by atoms with E-state index >= 15 is 0 Å². The fourth-order valence-corrected chi connectivity index (χ4v) is 2.76. The van der Waals surface area contributed by atoms with Crippen molar-refractivity contribution in [2.75, 3.05) is 0 Å². The lowest BCUT2D eigenvalue weighted by atomic mass is 10.3. The number of aryl methyl sites for hydroxylation is 2. The lowest BCUT2D eigenvalue weighted by molar-refractivity contribution is 0.517. The van der Waals surface area contributed by atoms with Gasteiger partial charge in [-0.05, 0) is 36.8 Å². The molecule has 1 aromatic carbocycles. The minimum absolute atomic E-state index is 0.756. The Morgan fingerprint density at radius 3 is 3.00 bits per heavy atom. The van der Waals surface area contributed by atoms with Crippen molar-refractivity contribution in [1.82, 2.24) is 24.5 Å².